The van der Waals surface area contributed by atoms with Gasteiger partial charge in [0, 0.05) is 31.0 Å². The molecule has 1 atom stereocenters. The second-order valence-electron chi connectivity index (χ2n) is 7.37. The second-order valence-corrected chi connectivity index (χ2v) is 9.31. The molecule has 0 unspecified atom stereocenters. The maximum atomic E-state index is 12.9. The van der Waals surface area contributed by atoms with E-state index in [1.807, 2.05) is 31.2 Å². The molecule has 1 N–H and O–H groups in total. The molecule has 2 aliphatic rings. The molecular formula is C21H25N3O3S. The van der Waals surface area contributed by atoms with Gasteiger partial charge in [0.15, 0.2) is 0 Å². The van der Waals surface area contributed by atoms with Crippen LogP contribution in [-0.4, -0.2) is 44.3 Å². The number of nitrogens with zero attached hydrogens (tertiary/aromatic N) is 2. The molecule has 6 nitrogen and oxygen atoms in total. The van der Waals surface area contributed by atoms with Crippen molar-refractivity contribution in [1.82, 2.24) is 4.31 Å². The Bertz CT molecular complexity index is 984. The standard InChI is InChI=1S/C21H25N3O3S/c1-16(21(25)24-14-11-17-7-2-3-10-20(17)24)22-18-8-6-9-19(15-18)28(26,27)23-12-4-5-13-23/h2-3,6-10,15-16,22H,4-5,11-14H2,1H3/t16-/m0/s1. The number of carbonyl (C=O) groups is 1. The molecule has 1 fully saturated rings. The van der Waals surface area contributed by atoms with E-state index >= 15 is 0 Å². The number of fused-ring (bicyclic) bond motifs is 1. The van der Waals surface area contributed by atoms with Crippen LogP contribution in [0.2, 0.25) is 0 Å². The molecule has 4 rings (SSSR count). The third-order valence-electron chi connectivity index (χ3n) is 5.44. The molecule has 0 spiro atoms. The molecule has 0 bridgehead atoms. The van der Waals surface area contributed by atoms with Crippen molar-refractivity contribution in [3.63, 3.8) is 0 Å². The summed E-state index contributed by atoms with van der Waals surface area (Å²) in [4.78, 5) is 15.0. The predicted octanol–water partition coefficient (Wildman–Crippen LogP) is 2.86. The Morgan fingerprint density at radius 3 is 2.57 bits per heavy atom. The summed E-state index contributed by atoms with van der Waals surface area (Å²) in [5.74, 6) is -0.0160. The molecule has 0 radical (unpaired) electrons. The van der Waals surface area contributed by atoms with Crippen molar-refractivity contribution in [1.29, 1.82) is 0 Å². The minimum absolute atomic E-state index is 0.0160. The van der Waals surface area contributed by atoms with Gasteiger partial charge in [-0.05, 0) is 56.0 Å². The molecular weight excluding hydrogens is 374 g/mol. The molecule has 0 aliphatic carbocycles. The first kappa shape index (κ1) is 19.0. The highest BCUT2D eigenvalue weighted by Crippen LogP contribution is 2.28. The Balaban J connectivity index is 1.49. The van der Waals surface area contributed by atoms with Crippen LogP contribution in [0.25, 0.3) is 0 Å². The van der Waals surface area contributed by atoms with E-state index in [2.05, 4.69) is 5.32 Å². The smallest absolute Gasteiger partial charge is 0.249 e. The van der Waals surface area contributed by atoms with Crippen LogP contribution >= 0.6 is 0 Å². The summed E-state index contributed by atoms with van der Waals surface area (Å²) in [6, 6.07) is 14.2. The molecule has 28 heavy (non-hydrogen) atoms. The van der Waals surface area contributed by atoms with Gasteiger partial charge < -0.3 is 10.2 Å². The van der Waals surface area contributed by atoms with Gasteiger partial charge in [0.25, 0.3) is 0 Å². The molecule has 0 aromatic heterocycles. The average molecular weight is 400 g/mol. The van der Waals surface area contributed by atoms with E-state index in [1.165, 1.54) is 9.87 Å². The number of carbonyl (C=O) groups excluding carboxylic acids is 1. The number of para-hydroxylation sites is 1. The van der Waals surface area contributed by atoms with Crippen LogP contribution in [0.5, 0.6) is 0 Å². The van der Waals surface area contributed by atoms with Crippen molar-refractivity contribution in [3.8, 4) is 0 Å². The zero-order chi connectivity index (χ0) is 19.7. The van der Waals surface area contributed by atoms with Crippen LogP contribution in [0, 0.1) is 0 Å². The average Bonchev–Trinajstić information content (AvgIpc) is 3.38. The van der Waals surface area contributed by atoms with E-state index in [1.54, 1.807) is 29.2 Å². The largest absolute Gasteiger partial charge is 0.374 e. The normalized spacial score (nSPS) is 18.1. The Morgan fingerprint density at radius 1 is 1.04 bits per heavy atom. The van der Waals surface area contributed by atoms with Gasteiger partial charge >= 0.3 is 0 Å². The van der Waals surface area contributed by atoms with Gasteiger partial charge in [0.2, 0.25) is 15.9 Å². The fraction of sp³-hybridized carbons (Fsp3) is 0.381. The zero-order valence-corrected chi connectivity index (χ0v) is 16.8. The van der Waals surface area contributed by atoms with Crippen LogP contribution in [0.15, 0.2) is 53.4 Å². The second kappa shape index (κ2) is 7.56. The highest BCUT2D eigenvalue weighted by Gasteiger charge is 2.29. The highest BCUT2D eigenvalue weighted by molar-refractivity contribution is 7.89. The summed E-state index contributed by atoms with van der Waals surface area (Å²) in [7, 11) is -3.47. The summed E-state index contributed by atoms with van der Waals surface area (Å²) in [6.07, 6.45) is 2.66. The Kier molecular flexibility index (Phi) is 5.12. The topological polar surface area (TPSA) is 69.7 Å². The van der Waals surface area contributed by atoms with Gasteiger partial charge in [-0.3, -0.25) is 4.79 Å². The zero-order valence-electron chi connectivity index (χ0n) is 16.0. The van der Waals surface area contributed by atoms with E-state index in [9.17, 15) is 13.2 Å². The maximum Gasteiger partial charge on any atom is 0.249 e. The lowest BCUT2D eigenvalue weighted by molar-refractivity contribution is -0.118. The molecule has 2 aliphatic heterocycles. The first-order valence-electron chi connectivity index (χ1n) is 9.73. The number of anilines is 2. The number of benzene rings is 2. The number of nitrogens with one attached hydrogen (secondary N) is 1. The molecule has 148 valence electrons. The fourth-order valence-corrected chi connectivity index (χ4v) is 5.50. The lowest BCUT2D eigenvalue weighted by atomic mass is 10.2. The Hall–Kier alpha value is -2.38. The van der Waals surface area contributed by atoms with Crippen LogP contribution in [0.1, 0.15) is 25.3 Å². The number of rotatable bonds is 5. The van der Waals surface area contributed by atoms with Crippen LogP contribution in [0.4, 0.5) is 11.4 Å². The molecule has 1 saturated heterocycles. The van der Waals surface area contributed by atoms with Crippen LogP contribution in [0.3, 0.4) is 0 Å². The number of hydrogen-bond acceptors (Lipinski definition) is 4. The minimum Gasteiger partial charge on any atom is -0.374 e. The van der Waals surface area contributed by atoms with Gasteiger partial charge in [0.05, 0.1) is 4.90 Å². The molecule has 0 saturated carbocycles. The molecule has 2 aromatic carbocycles. The number of hydrogen-bond donors (Lipinski definition) is 1. The first-order valence-corrected chi connectivity index (χ1v) is 11.2. The van der Waals surface area contributed by atoms with E-state index < -0.39 is 16.1 Å². The van der Waals surface area contributed by atoms with E-state index in [4.69, 9.17) is 0 Å². The van der Waals surface area contributed by atoms with E-state index in [-0.39, 0.29) is 10.8 Å². The van der Waals surface area contributed by atoms with Gasteiger partial charge in [0.1, 0.15) is 6.04 Å². The van der Waals surface area contributed by atoms with Gasteiger partial charge in [-0.15, -0.1) is 0 Å². The van der Waals surface area contributed by atoms with Crippen LogP contribution in [-0.2, 0) is 21.2 Å². The van der Waals surface area contributed by atoms with E-state index in [0.29, 0.717) is 25.3 Å². The molecule has 2 aromatic rings. The number of sulfonamides is 1. The number of amides is 1. The molecule has 1 amide bonds. The van der Waals surface area contributed by atoms with Crippen molar-refractivity contribution >= 4 is 27.3 Å². The van der Waals surface area contributed by atoms with Crippen molar-refractivity contribution in [2.45, 2.75) is 37.1 Å². The SMILES string of the molecule is C[C@H](Nc1cccc(S(=O)(=O)N2CCCC2)c1)C(=O)N1CCc2ccccc21. The monoisotopic (exact) mass is 399 g/mol. The van der Waals surface area contributed by atoms with Crippen LogP contribution < -0.4 is 10.2 Å². The third-order valence-corrected chi connectivity index (χ3v) is 7.34. The van der Waals surface area contributed by atoms with Gasteiger partial charge in [-0.25, -0.2) is 8.42 Å². The van der Waals surface area contributed by atoms with Gasteiger partial charge in [-0.2, -0.15) is 4.31 Å². The summed E-state index contributed by atoms with van der Waals surface area (Å²) in [6.45, 7) is 3.63. The maximum absolute atomic E-state index is 12.9. The fourth-order valence-electron chi connectivity index (χ4n) is 3.94. The van der Waals surface area contributed by atoms with Crippen molar-refractivity contribution in [3.05, 3.63) is 54.1 Å². The summed E-state index contributed by atoms with van der Waals surface area (Å²) in [5.41, 5.74) is 2.78. The quantitative estimate of drug-likeness (QED) is 0.839. The minimum atomic E-state index is -3.47. The van der Waals surface area contributed by atoms with E-state index in [0.717, 1.165) is 24.9 Å². The van der Waals surface area contributed by atoms with Crippen molar-refractivity contribution in [2.75, 3.05) is 29.9 Å². The van der Waals surface area contributed by atoms with Crippen molar-refractivity contribution < 1.29 is 13.2 Å². The summed E-state index contributed by atoms with van der Waals surface area (Å²) in [5, 5.41) is 3.18. The first-order chi connectivity index (χ1) is 13.5. The Labute approximate surface area is 166 Å². The third kappa shape index (κ3) is 3.52. The summed E-state index contributed by atoms with van der Waals surface area (Å²) >= 11 is 0. The lowest BCUT2D eigenvalue weighted by Crippen LogP contribution is -2.40. The molecule has 7 heteroatoms. The lowest BCUT2D eigenvalue weighted by Gasteiger charge is -2.23. The van der Waals surface area contributed by atoms with Gasteiger partial charge in [-0.1, -0.05) is 24.3 Å². The van der Waals surface area contributed by atoms with Crippen molar-refractivity contribution in [2.24, 2.45) is 0 Å². The molecule has 2 heterocycles. The highest BCUT2D eigenvalue weighted by atomic mass is 32.2. The predicted molar refractivity (Wildman–Crippen MR) is 110 cm³/mol. The summed E-state index contributed by atoms with van der Waals surface area (Å²) < 4.78 is 27.1. The Morgan fingerprint density at radius 2 is 1.79 bits per heavy atom.